The lowest BCUT2D eigenvalue weighted by atomic mass is 9.95. The highest BCUT2D eigenvalue weighted by atomic mass is 32.2. The average molecular weight is 1710 g/mol. The van der Waals surface area contributed by atoms with Gasteiger partial charge in [0.1, 0.15) is 48.3 Å². The number of nitrogens with one attached hydrogen (secondary N) is 14. The average Bonchev–Trinajstić information content (AvgIpc) is 1.65. The van der Waals surface area contributed by atoms with Crippen LogP contribution in [0.25, 0.3) is 22.1 Å². The molecule has 39 nitrogen and oxygen atoms in total. The van der Waals surface area contributed by atoms with E-state index in [2.05, 4.69) is 83.7 Å². The number of aromatic hydroxyl groups is 2. The Balaban J connectivity index is 1.00. The van der Waals surface area contributed by atoms with Gasteiger partial charge in [-0.05, 0) is 99.4 Å². The summed E-state index contributed by atoms with van der Waals surface area (Å²) in [5.41, 5.74) is 33.1. The van der Waals surface area contributed by atoms with Gasteiger partial charge in [-0.2, -0.15) is 9.97 Å². The van der Waals surface area contributed by atoms with Crippen LogP contribution in [0.5, 0.6) is 11.8 Å². The van der Waals surface area contributed by atoms with Gasteiger partial charge in [0.25, 0.3) is 0 Å². The predicted molar refractivity (Wildman–Crippen MR) is 459 cm³/mol. The number of H-pyrrole nitrogens is 1. The molecule has 11 atom stereocenters. The zero-order valence-electron chi connectivity index (χ0n) is 69.7. The van der Waals surface area contributed by atoms with E-state index < -0.39 is 162 Å². The summed E-state index contributed by atoms with van der Waals surface area (Å²) in [6.45, 7) is 10.4. The van der Waals surface area contributed by atoms with Crippen molar-refractivity contribution in [1.29, 1.82) is 5.41 Å². The van der Waals surface area contributed by atoms with Gasteiger partial charge in [-0.3, -0.25) is 67.5 Å². The van der Waals surface area contributed by atoms with Gasteiger partial charge in [0, 0.05) is 94.4 Å². The maximum Gasteiger partial charge on any atom is 0.307 e. The van der Waals surface area contributed by atoms with E-state index in [1.165, 1.54) is 13.1 Å². The molecule has 0 fully saturated rings. The number of benzene rings is 3. The number of imidazole rings is 1. The summed E-state index contributed by atoms with van der Waals surface area (Å²) in [4.78, 5) is 185. The third-order valence-corrected chi connectivity index (χ3v) is 21.7. The molecule has 7 aromatic rings. The molecule has 0 aliphatic carbocycles. The number of anilines is 2. The Labute approximate surface area is 711 Å². The monoisotopic (exact) mass is 1710 g/mol. The van der Waals surface area contributed by atoms with E-state index >= 15 is 4.79 Å². The second-order valence-corrected chi connectivity index (χ2v) is 30.8. The van der Waals surface area contributed by atoms with E-state index in [-0.39, 0.29) is 107 Å². The van der Waals surface area contributed by atoms with Gasteiger partial charge in [-0.25, -0.2) is 4.98 Å². The minimum atomic E-state index is -1.60. The van der Waals surface area contributed by atoms with Gasteiger partial charge >= 0.3 is 5.97 Å². The van der Waals surface area contributed by atoms with Crippen molar-refractivity contribution in [2.24, 2.45) is 40.5 Å². The van der Waals surface area contributed by atoms with E-state index in [1.54, 1.807) is 76.6 Å². The second-order valence-electron chi connectivity index (χ2n) is 29.7. The molecule has 0 radical (unpaired) electrons. The van der Waals surface area contributed by atoms with Crippen LogP contribution in [0.1, 0.15) is 135 Å². The maximum atomic E-state index is 15.1. The quantitative estimate of drug-likeness (QED) is 0.00835. The highest BCUT2D eigenvalue weighted by molar-refractivity contribution is 7.99. The fourth-order valence-corrected chi connectivity index (χ4v) is 14.1. The van der Waals surface area contributed by atoms with Gasteiger partial charge in [0.15, 0.2) is 28.8 Å². The minimum absolute atomic E-state index is 0.0247. The van der Waals surface area contributed by atoms with Crippen LogP contribution < -0.4 is 92.5 Å². The van der Waals surface area contributed by atoms with Crippen molar-refractivity contribution in [3.05, 3.63) is 120 Å². The number of unbranched alkanes of at least 4 members (excludes halogenated alkanes) is 1. The predicted octanol–water partition coefficient (Wildman–Crippen LogP) is 1.13. The molecule has 0 saturated heterocycles. The summed E-state index contributed by atoms with van der Waals surface area (Å²) in [5, 5.41) is 63.9. The number of guanidine groups is 1. The molecule has 7 rings (SSSR count). The number of aromatic amines is 1. The Morgan fingerprint density at radius 2 is 1.12 bits per heavy atom. The van der Waals surface area contributed by atoms with Crippen molar-refractivity contribution >= 4 is 123 Å². The van der Waals surface area contributed by atoms with Crippen LogP contribution >= 0.6 is 11.8 Å². The normalized spacial score (nSPS) is 13.9. The zero-order chi connectivity index (χ0) is 89.0. The van der Waals surface area contributed by atoms with Gasteiger partial charge in [0.2, 0.25) is 76.8 Å². The summed E-state index contributed by atoms with van der Waals surface area (Å²) in [6.07, 6.45) is 3.20. The third-order valence-electron chi connectivity index (χ3n) is 20.6. The van der Waals surface area contributed by atoms with Crippen LogP contribution in [0.2, 0.25) is 0 Å². The Bertz CT molecular complexity index is 4680. The van der Waals surface area contributed by atoms with E-state index in [1.807, 2.05) is 60.0 Å². The fraction of sp³-hybridized carbons (Fsp3) is 0.488. The number of hydrogen-bond acceptors (Lipinski definition) is 24. The first-order valence-electron chi connectivity index (χ1n) is 40.9. The van der Waals surface area contributed by atoms with Crippen LogP contribution in [-0.4, -0.2) is 210 Å². The van der Waals surface area contributed by atoms with Gasteiger partial charge in [-0.1, -0.05) is 119 Å². The van der Waals surface area contributed by atoms with Gasteiger partial charge in [-0.15, -0.1) is 11.8 Å². The number of aromatic nitrogens is 6. The van der Waals surface area contributed by atoms with E-state index in [4.69, 9.17) is 38.8 Å². The van der Waals surface area contributed by atoms with E-state index in [9.17, 15) is 63.0 Å². The van der Waals surface area contributed by atoms with Gasteiger partial charge < -0.3 is 117 Å². The molecule has 4 aromatic heterocycles. The standard InChI is InChI=1S/C82H118N24O15S/c1-7-47(4)66(78(118)98-55(28-18-19-35-83)74(114)101-67(48(5)8-2)79(119)100-60(41-51-44-92-54-27-17-16-26-52(51)54)77(117)99-59(40-49-22-12-10-13-23-49)76(116)96-57(72(112)89-6)30-32-62(85)107)102-75(115)58(31-33-63(86)108)97-73(113)56(29-20-36-90-81(87)88)95-71(111)53(84)45-122-61-42-64(109)106(80(61)120)38-34-65(110)121-39-21-37-91-82-103-69(93-43-50-24-14-11-15-25-50)68-70(104-82)105(9-3)46-94-68/h10-17,22-27,42,44,46-48,53,55-60,66-67,92,109,120H,7-9,18-21,28-41,43,45,83-84H2,1-6H3,(H2,85,107)(H2,86,108)(H,89,112)(H,95,111)(H,96,116)(H,97,113)(H,98,118)(H,99,117)(H,100,119)(H,101,114)(H,102,115)(H4,87,88,90)(H2,91,93,103,104)/t47?,48?,53-,55-,56-,57-,58-,59-,60-,66-,67-/m0/s1. The number of hydrogen-bond donors (Lipinski definition) is 21. The van der Waals surface area contributed by atoms with Crippen molar-refractivity contribution < 1.29 is 72.5 Å². The molecule has 662 valence electrons. The minimum Gasteiger partial charge on any atom is -0.494 e. The number of amides is 11. The molecule has 11 amide bonds. The van der Waals surface area contributed by atoms with Crippen LogP contribution in [0.3, 0.4) is 0 Å². The van der Waals surface area contributed by atoms with Crippen molar-refractivity contribution in [1.82, 2.24) is 82.2 Å². The molecule has 0 saturated carbocycles. The van der Waals surface area contributed by atoms with Crippen molar-refractivity contribution in [3.8, 4) is 11.8 Å². The molecule has 0 aliphatic rings. The molecular weight excluding hydrogens is 1590 g/mol. The molecule has 40 heteroatoms. The number of para-hydroxylation sites is 1. The second kappa shape index (κ2) is 49.2. The molecule has 4 heterocycles. The number of likely N-dealkylation sites (N-methyl/N-ethyl adjacent to an activating group) is 1. The SMILES string of the molecule is CCC(C)[C@H](NC(=O)[C@H](CCCCN)NC(=O)[C@@H](NC(=O)[C@H](CCC(N)=O)NC(=O)[C@H](CCCNC(=N)N)NC(=O)[C@@H](N)CSc1cc(O)n(CCC(=O)OCCCNc2nc(NCc3ccccc3)c3ncn(CC)c3n2)c1O)C(C)CC)C(=O)N[C@@H](Cc1c[nH]c2ccccc12)C(=O)N[C@@H](Cc1ccccc1)C(=O)N[C@@H](CCC(N)=O)C(=O)NC. The first-order chi connectivity index (χ1) is 58.4. The Hall–Kier alpha value is -12.6. The molecule has 0 spiro atoms. The third kappa shape index (κ3) is 30.0. The van der Waals surface area contributed by atoms with Crippen molar-refractivity contribution in [3.63, 3.8) is 0 Å². The number of rotatable bonds is 54. The molecule has 2 unspecified atom stereocenters. The summed E-state index contributed by atoms with van der Waals surface area (Å²) in [7, 11) is 1.35. The molecule has 26 N–H and O–H groups in total. The number of carbonyl (C=O) groups is 12. The lowest BCUT2D eigenvalue weighted by Crippen LogP contribution is -2.62. The number of fused-ring (bicyclic) bond motifs is 2. The highest BCUT2D eigenvalue weighted by Gasteiger charge is 2.38. The largest absolute Gasteiger partial charge is 0.494 e. The van der Waals surface area contributed by atoms with Crippen LogP contribution in [0.4, 0.5) is 11.8 Å². The molecule has 0 bridgehead atoms. The van der Waals surface area contributed by atoms with Crippen molar-refractivity contribution in [2.75, 3.05) is 49.7 Å². The fourth-order valence-electron chi connectivity index (χ4n) is 13.1. The van der Waals surface area contributed by atoms with Crippen molar-refractivity contribution in [2.45, 2.75) is 210 Å². The van der Waals surface area contributed by atoms with Crippen LogP contribution in [0.15, 0.2) is 108 Å². The topological polar surface area (TPSA) is 617 Å². The summed E-state index contributed by atoms with van der Waals surface area (Å²) < 4.78 is 8.43. The first kappa shape index (κ1) is 96.5. The van der Waals surface area contributed by atoms with Crippen LogP contribution in [0, 0.1) is 17.2 Å². The van der Waals surface area contributed by atoms with Crippen LogP contribution in [-0.2, 0) is 94.7 Å². The number of carbonyl (C=O) groups excluding carboxylic acids is 12. The zero-order valence-corrected chi connectivity index (χ0v) is 70.5. The van der Waals surface area contributed by atoms with E-state index in [0.717, 1.165) is 27.4 Å². The molecule has 122 heavy (non-hydrogen) atoms. The smallest absolute Gasteiger partial charge is 0.307 e. The number of nitrogens with two attached hydrogens (primary N) is 5. The number of nitrogens with zero attached hydrogens (tertiary/aromatic N) is 5. The first-order valence-corrected chi connectivity index (χ1v) is 41.9. The Morgan fingerprint density at radius 1 is 0.590 bits per heavy atom. The molecule has 3 aromatic carbocycles. The summed E-state index contributed by atoms with van der Waals surface area (Å²) in [5.74, 6) is -11.6. The van der Waals surface area contributed by atoms with Gasteiger partial charge in [0.05, 0.1) is 30.3 Å². The summed E-state index contributed by atoms with van der Waals surface area (Å²) >= 11 is 0.878. The highest BCUT2D eigenvalue weighted by Crippen LogP contribution is 2.36. The molecular formula is C82H118N24O15S. The lowest BCUT2D eigenvalue weighted by Gasteiger charge is -2.31. The summed E-state index contributed by atoms with van der Waals surface area (Å²) in [6, 6.07) is 14.3. The number of primary amides is 2. The maximum absolute atomic E-state index is 15.1. The number of ether oxygens (including phenoxy) is 1. The number of aryl methyl sites for hydroxylation is 1. The molecule has 0 aliphatic heterocycles. The lowest BCUT2D eigenvalue weighted by molar-refractivity contribution is -0.144. The Kier molecular flexibility index (Phi) is 38.9. The Morgan fingerprint density at radius 3 is 1.71 bits per heavy atom. The number of thioether (sulfide) groups is 1. The van der Waals surface area contributed by atoms with E-state index in [0.29, 0.717) is 78.3 Å². The number of esters is 1.